The second-order valence-electron chi connectivity index (χ2n) is 5.13. The fraction of sp³-hybridized carbons (Fsp3) is 0.400. The monoisotopic (exact) mass is 351 g/mol. The maximum absolute atomic E-state index is 12.1. The number of nitrogens with zero attached hydrogens (tertiary/aromatic N) is 3. The molecular formula is C15H18BrN3O2. The van der Waals surface area contributed by atoms with E-state index in [2.05, 4.69) is 25.9 Å². The Morgan fingerprint density at radius 2 is 2.00 bits per heavy atom. The highest BCUT2D eigenvalue weighted by molar-refractivity contribution is 9.10. The minimum absolute atomic E-state index is 0.135. The van der Waals surface area contributed by atoms with E-state index in [4.69, 9.17) is 4.74 Å². The van der Waals surface area contributed by atoms with E-state index >= 15 is 0 Å². The molecule has 0 aliphatic carbocycles. The van der Waals surface area contributed by atoms with E-state index in [9.17, 15) is 4.79 Å². The van der Waals surface area contributed by atoms with Gasteiger partial charge in [0.1, 0.15) is 18.2 Å². The summed E-state index contributed by atoms with van der Waals surface area (Å²) in [4.78, 5) is 22.4. The number of carbonyl (C=O) groups is 1. The van der Waals surface area contributed by atoms with Crippen molar-refractivity contribution < 1.29 is 9.53 Å². The Morgan fingerprint density at radius 1 is 1.29 bits per heavy atom. The molecule has 0 N–H and O–H groups in total. The lowest BCUT2D eigenvalue weighted by atomic mass is 10.2. The topological polar surface area (TPSA) is 55.3 Å². The summed E-state index contributed by atoms with van der Waals surface area (Å²) < 4.78 is 6.20. The van der Waals surface area contributed by atoms with Gasteiger partial charge in [0.2, 0.25) is 0 Å². The van der Waals surface area contributed by atoms with Gasteiger partial charge in [-0.3, -0.25) is 0 Å². The molecule has 112 valence electrons. The number of esters is 1. The molecule has 0 saturated carbocycles. The van der Waals surface area contributed by atoms with E-state index in [1.807, 2.05) is 39.1 Å². The van der Waals surface area contributed by atoms with Crippen LogP contribution in [-0.2, 0) is 9.53 Å². The molecule has 1 aromatic carbocycles. The molecule has 1 aromatic heterocycles. The van der Waals surface area contributed by atoms with Crippen molar-refractivity contribution in [2.75, 3.05) is 11.9 Å². The zero-order valence-corrected chi connectivity index (χ0v) is 14.1. The van der Waals surface area contributed by atoms with Crippen LogP contribution in [0.15, 0.2) is 29.0 Å². The van der Waals surface area contributed by atoms with Gasteiger partial charge in [-0.25, -0.2) is 14.8 Å². The largest absolute Gasteiger partial charge is 0.461 e. The molecule has 0 spiro atoms. The van der Waals surface area contributed by atoms with E-state index in [0.29, 0.717) is 5.82 Å². The van der Waals surface area contributed by atoms with Gasteiger partial charge < -0.3 is 9.64 Å². The van der Waals surface area contributed by atoms with E-state index in [1.165, 1.54) is 6.33 Å². The predicted molar refractivity (Wildman–Crippen MR) is 86.3 cm³/mol. The van der Waals surface area contributed by atoms with Crippen LogP contribution in [0.3, 0.4) is 0 Å². The second-order valence-corrected chi connectivity index (χ2v) is 6.05. The van der Waals surface area contributed by atoms with Gasteiger partial charge >= 0.3 is 5.97 Å². The Bertz CT molecular complexity index is 660. The van der Waals surface area contributed by atoms with E-state index < -0.39 is 6.04 Å². The van der Waals surface area contributed by atoms with E-state index in [0.717, 1.165) is 15.4 Å². The lowest BCUT2D eigenvalue weighted by Gasteiger charge is -2.26. The first-order valence-corrected chi connectivity index (χ1v) is 7.53. The number of hydrogen-bond donors (Lipinski definition) is 0. The Morgan fingerprint density at radius 3 is 2.67 bits per heavy atom. The summed E-state index contributed by atoms with van der Waals surface area (Å²) in [7, 11) is 1.83. The summed E-state index contributed by atoms with van der Waals surface area (Å²) in [5, 5.41) is 0.888. The van der Waals surface area contributed by atoms with E-state index in [1.54, 1.807) is 11.8 Å². The normalized spacial score (nSPS) is 12.5. The van der Waals surface area contributed by atoms with Crippen LogP contribution >= 0.6 is 15.9 Å². The number of rotatable bonds is 4. The Balaban J connectivity index is 2.37. The highest BCUT2D eigenvalue weighted by Crippen LogP contribution is 2.26. The molecule has 0 bridgehead atoms. The molecule has 0 radical (unpaired) electrons. The Labute approximate surface area is 132 Å². The summed E-state index contributed by atoms with van der Waals surface area (Å²) in [5.41, 5.74) is 0.833. The van der Waals surface area contributed by atoms with Crippen LogP contribution in [0.1, 0.15) is 20.8 Å². The molecule has 0 aliphatic heterocycles. The standard InChI is InChI=1S/C15H18BrN3O2/c1-9(2)21-15(20)10(3)19(4)14-12-7-11(16)5-6-13(12)17-8-18-14/h5-10H,1-4H3. The maximum atomic E-state index is 12.1. The van der Waals surface area contributed by atoms with Crippen LogP contribution < -0.4 is 4.90 Å². The first-order chi connectivity index (χ1) is 9.90. The molecule has 1 heterocycles. The van der Waals surface area contributed by atoms with Crippen LogP contribution in [0, 0.1) is 0 Å². The predicted octanol–water partition coefficient (Wildman–Crippen LogP) is 3.17. The molecule has 0 amide bonds. The van der Waals surface area contributed by atoms with Crippen molar-refractivity contribution in [2.45, 2.75) is 32.9 Å². The highest BCUT2D eigenvalue weighted by Gasteiger charge is 2.23. The number of aromatic nitrogens is 2. The molecule has 2 aromatic rings. The van der Waals surface area contributed by atoms with Crippen LogP contribution in [0.4, 0.5) is 5.82 Å². The van der Waals surface area contributed by atoms with Crippen molar-refractivity contribution in [3.8, 4) is 0 Å². The fourth-order valence-corrected chi connectivity index (χ4v) is 2.33. The maximum Gasteiger partial charge on any atom is 0.328 e. The van der Waals surface area contributed by atoms with E-state index in [-0.39, 0.29) is 12.1 Å². The van der Waals surface area contributed by atoms with Crippen molar-refractivity contribution in [3.63, 3.8) is 0 Å². The van der Waals surface area contributed by atoms with Crippen molar-refractivity contribution in [1.29, 1.82) is 0 Å². The SMILES string of the molecule is CC(C)OC(=O)C(C)N(C)c1ncnc2ccc(Br)cc12. The number of ether oxygens (including phenoxy) is 1. The molecule has 0 saturated heterocycles. The van der Waals surface area contributed by atoms with Gasteiger partial charge in [0.25, 0.3) is 0 Å². The summed E-state index contributed by atoms with van der Waals surface area (Å²) >= 11 is 3.45. The molecule has 6 heteroatoms. The van der Waals surface area contributed by atoms with Gasteiger partial charge in [0.15, 0.2) is 0 Å². The lowest BCUT2D eigenvalue weighted by molar-refractivity contribution is -0.148. The van der Waals surface area contributed by atoms with Crippen molar-refractivity contribution in [2.24, 2.45) is 0 Å². The van der Waals surface area contributed by atoms with Crippen LogP contribution in [0.5, 0.6) is 0 Å². The highest BCUT2D eigenvalue weighted by atomic mass is 79.9. The zero-order valence-electron chi connectivity index (χ0n) is 12.5. The van der Waals surface area contributed by atoms with Gasteiger partial charge in [0.05, 0.1) is 11.6 Å². The number of anilines is 1. The quantitative estimate of drug-likeness (QED) is 0.791. The summed E-state index contributed by atoms with van der Waals surface area (Å²) in [6.45, 7) is 5.47. The molecule has 2 rings (SSSR count). The Hall–Kier alpha value is -1.69. The van der Waals surface area contributed by atoms with Crippen LogP contribution in [0.2, 0.25) is 0 Å². The third kappa shape index (κ3) is 3.50. The number of carbonyl (C=O) groups excluding carboxylic acids is 1. The number of fused-ring (bicyclic) bond motifs is 1. The van der Waals surface area contributed by atoms with Crippen molar-refractivity contribution in [1.82, 2.24) is 9.97 Å². The van der Waals surface area contributed by atoms with Crippen LogP contribution in [0.25, 0.3) is 10.9 Å². The molecule has 1 unspecified atom stereocenters. The average molecular weight is 352 g/mol. The fourth-order valence-electron chi connectivity index (χ4n) is 1.97. The third-order valence-electron chi connectivity index (χ3n) is 3.18. The van der Waals surface area contributed by atoms with Gasteiger partial charge in [-0.2, -0.15) is 0 Å². The number of likely N-dealkylation sites (N-methyl/N-ethyl adjacent to an activating group) is 1. The molecule has 1 atom stereocenters. The van der Waals surface area contributed by atoms with Crippen molar-refractivity contribution >= 4 is 38.6 Å². The number of hydrogen-bond acceptors (Lipinski definition) is 5. The smallest absolute Gasteiger partial charge is 0.328 e. The zero-order chi connectivity index (χ0) is 15.6. The number of halogens is 1. The van der Waals surface area contributed by atoms with Crippen LogP contribution in [-0.4, -0.2) is 35.1 Å². The molecular weight excluding hydrogens is 334 g/mol. The van der Waals surface area contributed by atoms with Crippen molar-refractivity contribution in [3.05, 3.63) is 29.0 Å². The summed E-state index contributed by atoms with van der Waals surface area (Å²) in [6, 6.07) is 5.36. The first-order valence-electron chi connectivity index (χ1n) is 6.73. The molecule has 21 heavy (non-hydrogen) atoms. The molecule has 5 nitrogen and oxygen atoms in total. The first kappa shape index (κ1) is 15.7. The second kappa shape index (κ2) is 6.39. The van der Waals surface area contributed by atoms with Gasteiger partial charge in [-0.05, 0) is 39.0 Å². The Kier molecular flexibility index (Phi) is 4.77. The van der Waals surface area contributed by atoms with Gasteiger partial charge in [-0.1, -0.05) is 15.9 Å². The molecule has 0 fully saturated rings. The molecule has 0 aliphatic rings. The summed E-state index contributed by atoms with van der Waals surface area (Å²) in [6.07, 6.45) is 1.37. The number of benzene rings is 1. The third-order valence-corrected chi connectivity index (χ3v) is 3.68. The minimum atomic E-state index is -0.426. The average Bonchev–Trinajstić information content (AvgIpc) is 2.44. The van der Waals surface area contributed by atoms with Gasteiger partial charge in [-0.15, -0.1) is 0 Å². The summed E-state index contributed by atoms with van der Waals surface area (Å²) in [5.74, 6) is 0.434. The minimum Gasteiger partial charge on any atom is -0.461 e. The lowest BCUT2D eigenvalue weighted by Crippen LogP contribution is -2.38. The van der Waals surface area contributed by atoms with Gasteiger partial charge in [0, 0.05) is 16.9 Å².